The lowest BCUT2D eigenvalue weighted by molar-refractivity contribution is -0.142. The van der Waals surface area contributed by atoms with E-state index in [4.69, 9.17) is 14.3 Å². The summed E-state index contributed by atoms with van der Waals surface area (Å²) >= 11 is 0. The van der Waals surface area contributed by atoms with Gasteiger partial charge in [-0.3, -0.25) is 0 Å². The van der Waals surface area contributed by atoms with Crippen molar-refractivity contribution < 1.29 is 19.1 Å². The predicted octanol–water partition coefficient (Wildman–Crippen LogP) is 2.57. The molecule has 108 valence electrons. The first kappa shape index (κ1) is 15.6. The molecule has 0 bridgehead atoms. The lowest BCUT2D eigenvalue weighted by atomic mass is 10.1. The Morgan fingerprint density at radius 2 is 1.84 bits per heavy atom. The van der Waals surface area contributed by atoms with Gasteiger partial charge in [0.25, 0.3) is 0 Å². The van der Waals surface area contributed by atoms with Gasteiger partial charge in [-0.05, 0) is 6.42 Å². The SMILES string of the molecule is CCCCCCCCc1nnc(COCC(=O)O)o1. The fourth-order valence-electron chi connectivity index (χ4n) is 1.73. The molecule has 1 rings (SSSR count). The molecule has 0 amide bonds. The molecule has 0 saturated heterocycles. The molecule has 1 aromatic rings. The maximum absolute atomic E-state index is 10.3. The van der Waals surface area contributed by atoms with E-state index in [1.54, 1.807) is 0 Å². The third kappa shape index (κ3) is 7.56. The highest BCUT2D eigenvalue weighted by Crippen LogP contribution is 2.09. The largest absolute Gasteiger partial charge is 0.480 e. The second-order valence-electron chi connectivity index (χ2n) is 4.49. The number of aryl methyl sites for hydroxylation is 1. The zero-order valence-electron chi connectivity index (χ0n) is 11.4. The van der Waals surface area contributed by atoms with E-state index in [1.807, 2.05) is 0 Å². The van der Waals surface area contributed by atoms with Crippen LogP contribution in [-0.4, -0.2) is 27.9 Å². The molecule has 6 nitrogen and oxygen atoms in total. The van der Waals surface area contributed by atoms with E-state index < -0.39 is 5.97 Å². The zero-order valence-corrected chi connectivity index (χ0v) is 11.4. The first-order valence-electron chi connectivity index (χ1n) is 6.83. The molecule has 0 atom stereocenters. The summed E-state index contributed by atoms with van der Waals surface area (Å²) in [4.78, 5) is 10.3. The number of nitrogens with zero attached hydrogens (tertiary/aromatic N) is 2. The van der Waals surface area contributed by atoms with Crippen LogP contribution in [0.25, 0.3) is 0 Å². The third-order valence-electron chi connectivity index (χ3n) is 2.70. The molecule has 0 radical (unpaired) electrons. The number of carboxylic acids is 1. The van der Waals surface area contributed by atoms with Crippen LogP contribution in [0.3, 0.4) is 0 Å². The van der Waals surface area contributed by atoms with Crippen molar-refractivity contribution in [3.8, 4) is 0 Å². The minimum atomic E-state index is -1.01. The van der Waals surface area contributed by atoms with E-state index >= 15 is 0 Å². The molecular formula is C13H22N2O4. The molecule has 0 aromatic carbocycles. The molecule has 0 aliphatic heterocycles. The Hall–Kier alpha value is -1.43. The van der Waals surface area contributed by atoms with Gasteiger partial charge in [0.05, 0.1) is 0 Å². The normalized spacial score (nSPS) is 10.8. The predicted molar refractivity (Wildman–Crippen MR) is 68.7 cm³/mol. The number of aromatic nitrogens is 2. The van der Waals surface area contributed by atoms with E-state index in [1.165, 1.54) is 32.1 Å². The van der Waals surface area contributed by atoms with Crippen molar-refractivity contribution in [2.75, 3.05) is 6.61 Å². The topological polar surface area (TPSA) is 85.5 Å². The number of unbranched alkanes of at least 4 members (excludes halogenated alkanes) is 5. The van der Waals surface area contributed by atoms with E-state index in [9.17, 15) is 4.79 Å². The molecular weight excluding hydrogens is 248 g/mol. The Morgan fingerprint density at radius 3 is 2.58 bits per heavy atom. The zero-order chi connectivity index (χ0) is 13.9. The first-order valence-corrected chi connectivity index (χ1v) is 6.83. The summed E-state index contributed by atoms with van der Waals surface area (Å²) in [5.41, 5.74) is 0. The quantitative estimate of drug-likeness (QED) is 0.622. The molecule has 1 heterocycles. The fraction of sp³-hybridized carbons (Fsp3) is 0.769. The van der Waals surface area contributed by atoms with Crippen molar-refractivity contribution in [3.05, 3.63) is 11.8 Å². The monoisotopic (exact) mass is 270 g/mol. The average Bonchev–Trinajstić information content (AvgIpc) is 2.81. The van der Waals surface area contributed by atoms with E-state index in [0.29, 0.717) is 11.8 Å². The van der Waals surface area contributed by atoms with Gasteiger partial charge in [-0.25, -0.2) is 4.79 Å². The molecule has 1 aromatic heterocycles. The highest BCUT2D eigenvalue weighted by Gasteiger charge is 2.06. The number of carboxylic acid groups (broad SMARTS) is 1. The molecule has 0 unspecified atom stereocenters. The molecule has 0 aliphatic rings. The number of aliphatic carboxylic acids is 1. The highest BCUT2D eigenvalue weighted by molar-refractivity contribution is 5.67. The van der Waals surface area contributed by atoms with Crippen LogP contribution in [0.15, 0.2) is 4.42 Å². The van der Waals surface area contributed by atoms with Gasteiger partial charge in [-0.1, -0.05) is 39.0 Å². The standard InChI is InChI=1S/C13H22N2O4/c1-2-3-4-5-6-7-8-11-14-15-12(19-11)9-18-10-13(16)17/h2-10H2,1H3,(H,16,17). The van der Waals surface area contributed by atoms with Crippen molar-refractivity contribution in [2.24, 2.45) is 0 Å². The fourth-order valence-corrected chi connectivity index (χ4v) is 1.73. The van der Waals surface area contributed by atoms with Crippen molar-refractivity contribution in [1.82, 2.24) is 10.2 Å². The lowest BCUT2D eigenvalue weighted by Gasteiger charge is -1.98. The Kier molecular flexibility index (Phi) is 7.81. The second-order valence-corrected chi connectivity index (χ2v) is 4.49. The van der Waals surface area contributed by atoms with Crippen molar-refractivity contribution in [1.29, 1.82) is 0 Å². The van der Waals surface area contributed by atoms with Gasteiger partial charge in [-0.2, -0.15) is 0 Å². The van der Waals surface area contributed by atoms with Crippen molar-refractivity contribution >= 4 is 5.97 Å². The number of rotatable bonds is 11. The van der Waals surface area contributed by atoms with Crippen LogP contribution in [-0.2, 0) is 22.6 Å². The Balaban J connectivity index is 2.11. The summed E-state index contributed by atoms with van der Waals surface area (Å²) in [5.74, 6) is -0.0709. The van der Waals surface area contributed by atoms with Gasteiger partial charge in [0.1, 0.15) is 13.2 Å². The summed E-state index contributed by atoms with van der Waals surface area (Å²) in [5, 5.41) is 16.1. The molecule has 0 saturated carbocycles. The van der Waals surface area contributed by atoms with Gasteiger partial charge < -0.3 is 14.3 Å². The van der Waals surface area contributed by atoms with E-state index in [2.05, 4.69) is 17.1 Å². The van der Waals surface area contributed by atoms with Crippen molar-refractivity contribution in [3.63, 3.8) is 0 Å². The smallest absolute Gasteiger partial charge is 0.329 e. The van der Waals surface area contributed by atoms with Crippen molar-refractivity contribution in [2.45, 2.75) is 58.5 Å². The van der Waals surface area contributed by atoms with Crippen LogP contribution >= 0.6 is 0 Å². The van der Waals surface area contributed by atoms with Gasteiger partial charge in [0.2, 0.25) is 11.8 Å². The van der Waals surface area contributed by atoms with Gasteiger partial charge in [-0.15, -0.1) is 10.2 Å². The molecule has 0 spiro atoms. The van der Waals surface area contributed by atoms with Crippen LogP contribution in [0.1, 0.15) is 57.2 Å². The van der Waals surface area contributed by atoms with Crippen LogP contribution in [0.2, 0.25) is 0 Å². The Bertz CT molecular complexity index is 365. The second kappa shape index (κ2) is 9.49. The molecule has 0 fully saturated rings. The maximum atomic E-state index is 10.3. The minimum absolute atomic E-state index is 0.0514. The van der Waals surface area contributed by atoms with Gasteiger partial charge in [0, 0.05) is 6.42 Å². The minimum Gasteiger partial charge on any atom is -0.480 e. The summed E-state index contributed by atoms with van der Waals surface area (Å²) in [6, 6.07) is 0. The van der Waals surface area contributed by atoms with Crippen LogP contribution in [0, 0.1) is 0 Å². The first-order chi connectivity index (χ1) is 9.22. The van der Waals surface area contributed by atoms with E-state index in [-0.39, 0.29) is 13.2 Å². The summed E-state index contributed by atoms with van der Waals surface area (Å²) in [6.45, 7) is 1.90. The van der Waals surface area contributed by atoms with Crippen LogP contribution in [0.4, 0.5) is 0 Å². The lowest BCUT2D eigenvalue weighted by Crippen LogP contribution is -2.06. The van der Waals surface area contributed by atoms with Crippen LogP contribution < -0.4 is 0 Å². The van der Waals surface area contributed by atoms with Gasteiger partial charge in [0.15, 0.2) is 0 Å². The summed E-state index contributed by atoms with van der Waals surface area (Å²) in [7, 11) is 0. The molecule has 19 heavy (non-hydrogen) atoms. The summed E-state index contributed by atoms with van der Waals surface area (Å²) < 4.78 is 10.2. The molecule has 0 aliphatic carbocycles. The third-order valence-corrected chi connectivity index (χ3v) is 2.70. The maximum Gasteiger partial charge on any atom is 0.329 e. The molecule has 6 heteroatoms. The number of hydrogen-bond acceptors (Lipinski definition) is 5. The highest BCUT2D eigenvalue weighted by atomic mass is 16.5. The summed E-state index contributed by atoms with van der Waals surface area (Å²) in [6.07, 6.45) is 8.08. The van der Waals surface area contributed by atoms with Crippen LogP contribution in [0.5, 0.6) is 0 Å². The number of hydrogen-bond donors (Lipinski definition) is 1. The number of carbonyl (C=O) groups is 1. The Labute approximate surface area is 113 Å². The Morgan fingerprint density at radius 1 is 1.16 bits per heavy atom. The average molecular weight is 270 g/mol. The molecule has 1 N–H and O–H groups in total. The van der Waals surface area contributed by atoms with E-state index in [0.717, 1.165) is 12.8 Å². The number of ether oxygens (including phenoxy) is 1. The van der Waals surface area contributed by atoms with Gasteiger partial charge >= 0.3 is 5.97 Å².